The first-order valence-corrected chi connectivity index (χ1v) is 10.3. The fourth-order valence-corrected chi connectivity index (χ4v) is 3.60. The van der Waals surface area contributed by atoms with E-state index in [1.165, 1.54) is 38.5 Å². The molecule has 0 aliphatic carbocycles. The molecule has 0 atom stereocenters. The van der Waals surface area contributed by atoms with Crippen molar-refractivity contribution in [3.8, 4) is 11.3 Å². The van der Waals surface area contributed by atoms with Crippen LogP contribution in [0.2, 0.25) is 5.02 Å². The van der Waals surface area contributed by atoms with Crippen molar-refractivity contribution in [3.05, 3.63) is 57.6 Å². The smallest absolute Gasteiger partial charge is 0.259 e. The summed E-state index contributed by atoms with van der Waals surface area (Å²) in [5, 5.41) is 0.692. The molecule has 3 aromatic rings. The third-order valence-electron chi connectivity index (χ3n) is 5.05. The van der Waals surface area contributed by atoms with E-state index in [0.717, 1.165) is 35.7 Å². The van der Waals surface area contributed by atoms with Crippen LogP contribution in [0.3, 0.4) is 0 Å². The monoisotopic (exact) mass is 385 g/mol. The van der Waals surface area contributed by atoms with Crippen LogP contribution in [0, 0.1) is 6.92 Å². The predicted octanol–water partition coefficient (Wildman–Crippen LogP) is 5.88. The highest BCUT2D eigenvalue weighted by Gasteiger charge is 2.11. The number of imidazole rings is 1. The number of unbranched alkanes of at least 4 members (excludes halogenated alkanes) is 6. The van der Waals surface area contributed by atoms with Gasteiger partial charge in [-0.2, -0.15) is 0 Å². The summed E-state index contributed by atoms with van der Waals surface area (Å²) in [6, 6.07) is 9.25. The number of halogens is 1. The molecule has 0 saturated carbocycles. The van der Waals surface area contributed by atoms with Crippen LogP contribution in [-0.2, 0) is 6.54 Å². The minimum Gasteiger partial charge on any atom is -0.315 e. The summed E-state index contributed by atoms with van der Waals surface area (Å²) >= 11 is 5.98. The van der Waals surface area contributed by atoms with Gasteiger partial charge in [-0.15, -0.1) is 0 Å². The Bertz CT molecular complexity index is 941. The molecule has 27 heavy (non-hydrogen) atoms. The number of aryl methyl sites for hydroxylation is 2. The minimum atomic E-state index is -0.0361. The number of fused-ring (bicyclic) bond motifs is 1. The van der Waals surface area contributed by atoms with Gasteiger partial charge < -0.3 is 4.57 Å². The lowest BCUT2D eigenvalue weighted by atomic mass is 10.1. The second-order valence-corrected chi connectivity index (χ2v) is 7.64. The maximum atomic E-state index is 12.4. The fraction of sp³-hybridized carbons (Fsp3) is 0.455. The van der Waals surface area contributed by atoms with E-state index in [1.807, 2.05) is 37.4 Å². The number of hydrogen-bond donors (Lipinski definition) is 0. The Labute approximate surface area is 165 Å². The molecule has 0 bridgehead atoms. The molecule has 0 radical (unpaired) electrons. The van der Waals surface area contributed by atoms with Gasteiger partial charge in [0.25, 0.3) is 5.56 Å². The Kier molecular flexibility index (Phi) is 6.73. The molecule has 5 heteroatoms. The molecular weight excluding hydrogens is 358 g/mol. The van der Waals surface area contributed by atoms with Gasteiger partial charge in [-0.3, -0.25) is 9.20 Å². The van der Waals surface area contributed by atoms with Crippen molar-refractivity contribution in [1.29, 1.82) is 0 Å². The summed E-state index contributed by atoms with van der Waals surface area (Å²) < 4.78 is 3.81. The predicted molar refractivity (Wildman–Crippen MR) is 113 cm³/mol. The lowest BCUT2D eigenvalue weighted by Gasteiger charge is -2.11. The Hall–Kier alpha value is -2.07. The molecule has 2 aromatic heterocycles. The van der Waals surface area contributed by atoms with E-state index in [2.05, 4.69) is 11.5 Å². The Morgan fingerprint density at radius 1 is 1.00 bits per heavy atom. The van der Waals surface area contributed by atoms with E-state index >= 15 is 0 Å². The van der Waals surface area contributed by atoms with Crippen LogP contribution in [0.4, 0.5) is 0 Å². The van der Waals surface area contributed by atoms with Gasteiger partial charge in [-0.1, -0.05) is 69.2 Å². The van der Waals surface area contributed by atoms with E-state index in [1.54, 1.807) is 10.5 Å². The van der Waals surface area contributed by atoms with Gasteiger partial charge in [0.2, 0.25) is 5.78 Å². The molecule has 3 rings (SSSR count). The molecule has 1 aromatic carbocycles. The first-order chi connectivity index (χ1) is 13.1. The average molecular weight is 386 g/mol. The van der Waals surface area contributed by atoms with E-state index in [-0.39, 0.29) is 5.56 Å². The molecule has 144 valence electrons. The van der Waals surface area contributed by atoms with E-state index in [4.69, 9.17) is 16.6 Å². The maximum absolute atomic E-state index is 12.4. The summed E-state index contributed by atoms with van der Waals surface area (Å²) in [6.45, 7) is 5.12. The molecule has 0 N–H and O–H groups in total. The van der Waals surface area contributed by atoms with Crippen LogP contribution in [0.5, 0.6) is 0 Å². The molecule has 0 spiro atoms. The van der Waals surface area contributed by atoms with Gasteiger partial charge in [0, 0.05) is 35.1 Å². The van der Waals surface area contributed by atoms with E-state index < -0.39 is 0 Å². The highest BCUT2D eigenvalue weighted by molar-refractivity contribution is 6.30. The molecule has 0 saturated heterocycles. The van der Waals surface area contributed by atoms with Crippen molar-refractivity contribution >= 4 is 17.4 Å². The Morgan fingerprint density at radius 3 is 2.37 bits per heavy atom. The van der Waals surface area contributed by atoms with Crippen LogP contribution in [0.25, 0.3) is 17.0 Å². The molecule has 0 amide bonds. The number of hydrogen-bond acceptors (Lipinski definition) is 2. The minimum absolute atomic E-state index is 0.0361. The largest absolute Gasteiger partial charge is 0.315 e. The first kappa shape index (κ1) is 19.7. The zero-order valence-corrected chi connectivity index (χ0v) is 17.0. The second kappa shape index (κ2) is 9.23. The summed E-state index contributed by atoms with van der Waals surface area (Å²) in [5.74, 6) is 0.718. The van der Waals surface area contributed by atoms with Gasteiger partial charge >= 0.3 is 0 Å². The lowest BCUT2D eigenvalue weighted by molar-refractivity contribution is 0.545. The van der Waals surface area contributed by atoms with Gasteiger partial charge in [0.15, 0.2) is 0 Å². The van der Waals surface area contributed by atoms with Crippen LogP contribution >= 0.6 is 11.6 Å². The van der Waals surface area contributed by atoms with Crippen LogP contribution in [0.1, 0.15) is 57.6 Å². The zero-order chi connectivity index (χ0) is 19.2. The summed E-state index contributed by atoms with van der Waals surface area (Å²) in [7, 11) is 0. The number of aromatic nitrogens is 3. The molecule has 2 heterocycles. The van der Waals surface area contributed by atoms with Crippen molar-refractivity contribution in [2.24, 2.45) is 0 Å². The highest BCUT2D eigenvalue weighted by Crippen LogP contribution is 2.21. The number of rotatable bonds is 9. The maximum Gasteiger partial charge on any atom is 0.259 e. The van der Waals surface area contributed by atoms with Crippen molar-refractivity contribution in [3.63, 3.8) is 0 Å². The van der Waals surface area contributed by atoms with E-state index in [9.17, 15) is 4.79 Å². The Morgan fingerprint density at radius 2 is 1.67 bits per heavy atom. The first-order valence-electron chi connectivity index (χ1n) is 9.95. The lowest BCUT2D eigenvalue weighted by Crippen LogP contribution is -2.18. The third-order valence-corrected chi connectivity index (χ3v) is 5.30. The molecule has 0 unspecified atom stereocenters. The Balaban J connectivity index is 1.78. The molecule has 4 nitrogen and oxygen atoms in total. The quantitative estimate of drug-likeness (QED) is 0.432. The van der Waals surface area contributed by atoms with E-state index in [0.29, 0.717) is 5.02 Å². The molecule has 0 aliphatic heterocycles. The summed E-state index contributed by atoms with van der Waals surface area (Å²) in [4.78, 5) is 17.2. The molecular formula is C22H28ClN3O. The molecule has 0 fully saturated rings. The van der Waals surface area contributed by atoms with Crippen LogP contribution in [-0.4, -0.2) is 14.0 Å². The van der Waals surface area contributed by atoms with Gasteiger partial charge in [-0.05, 0) is 25.5 Å². The van der Waals surface area contributed by atoms with Crippen LogP contribution < -0.4 is 5.56 Å². The third kappa shape index (κ3) is 4.81. The van der Waals surface area contributed by atoms with Gasteiger partial charge in [0.1, 0.15) is 0 Å². The topological polar surface area (TPSA) is 39.3 Å². The van der Waals surface area contributed by atoms with Gasteiger partial charge in [0.05, 0.1) is 5.69 Å². The number of benzene rings is 1. The van der Waals surface area contributed by atoms with Gasteiger partial charge in [-0.25, -0.2) is 4.98 Å². The average Bonchev–Trinajstić information content (AvgIpc) is 3.09. The normalized spacial score (nSPS) is 11.4. The SMILES string of the molecule is CCCCCCCCCn1c(C)cc(=O)n2cc(-c3ccc(Cl)cc3)nc12. The van der Waals surface area contributed by atoms with Crippen LogP contribution in [0.15, 0.2) is 41.3 Å². The molecule has 0 aliphatic rings. The van der Waals surface area contributed by atoms with Crippen molar-refractivity contribution < 1.29 is 0 Å². The number of nitrogens with zero attached hydrogens (tertiary/aromatic N) is 3. The zero-order valence-electron chi connectivity index (χ0n) is 16.2. The van der Waals surface area contributed by atoms with Crippen molar-refractivity contribution in [1.82, 2.24) is 14.0 Å². The van der Waals surface area contributed by atoms with Crippen molar-refractivity contribution in [2.45, 2.75) is 65.3 Å². The standard InChI is InChI=1S/C22H28ClN3O/c1-3-4-5-6-7-8-9-14-25-17(2)15-21(27)26-16-20(24-22(25)26)18-10-12-19(23)13-11-18/h10-13,15-16H,3-9,14H2,1-2H3. The summed E-state index contributed by atoms with van der Waals surface area (Å²) in [5.41, 5.74) is 2.68. The fourth-order valence-electron chi connectivity index (χ4n) is 3.47. The second-order valence-electron chi connectivity index (χ2n) is 7.20. The van der Waals surface area contributed by atoms with Crippen molar-refractivity contribution in [2.75, 3.05) is 0 Å². The summed E-state index contributed by atoms with van der Waals surface area (Å²) in [6.07, 6.45) is 10.7. The highest BCUT2D eigenvalue weighted by atomic mass is 35.5.